The van der Waals surface area contributed by atoms with Crippen molar-refractivity contribution < 1.29 is 9.21 Å². The molecule has 1 aliphatic rings. The Bertz CT molecular complexity index is 1290. The number of amides is 1. The summed E-state index contributed by atoms with van der Waals surface area (Å²) in [5.74, 6) is 0.701. The van der Waals surface area contributed by atoms with Crippen LogP contribution in [0.15, 0.2) is 82.3 Å². The van der Waals surface area contributed by atoms with Crippen molar-refractivity contribution in [3.63, 3.8) is 0 Å². The smallest absolute Gasteiger partial charge is 0.349 e. The molecule has 0 spiro atoms. The second kappa shape index (κ2) is 8.80. The van der Waals surface area contributed by atoms with Crippen molar-refractivity contribution in [1.29, 1.82) is 0 Å². The third kappa shape index (κ3) is 4.07. The summed E-state index contributed by atoms with van der Waals surface area (Å²) in [5.41, 5.74) is 1.11. The van der Waals surface area contributed by atoms with E-state index in [4.69, 9.17) is 4.42 Å². The molecule has 7 heteroatoms. The first-order chi connectivity index (χ1) is 15.7. The van der Waals surface area contributed by atoms with Gasteiger partial charge in [0.15, 0.2) is 0 Å². The Kier molecular flexibility index (Phi) is 5.56. The lowest BCUT2D eigenvalue weighted by atomic mass is 10.1. The average molecular weight is 428 g/mol. The summed E-state index contributed by atoms with van der Waals surface area (Å²) >= 11 is 0. The minimum Gasteiger partial charge on any atom is -0.422 e. The van der Waals surface area contributed by atoms with Crippen LogP contribution in [-0.4, -0.2) is 58.0 Å². The average Bonchev–Trinajstić information content (AvgIpc) is 3.31. The van der Waals surface area contributed by atoms with Crippen LogP contribution in [0.5, 0.6) is 0 Å². The van der Waals surface area contributed by atoms with Crippen LogP contribution in [-0.2, 0) is 6.54 Å². The number of hydrogen-bond donors (Lipinski definition) is 0. The van der Waals surface area contributed by atoms with Crippen LogP contribution in [0.1, 0.15) is 10.4 Å². The summed E-state index contributed by atoms with van der Waals surface area (Å²) in [6.45, 7) is 4.39. The number of fused-ring (bicyclic) bond motifs is 1. The number of carbonyl (C=O) groups excluding carboxylic acids is 1. The molecule has 2 aromatic heterocycles. The van der Waals surface area contributed by atoms with Gasteiger partial charge in [-0.3, -0.25) is 9.69 Å². The summed E-state index contributed by atoms with van der Waals surface area (Å²) in [6, 6.07) is 19.0. The maximum absolute atomic E-state index is 13.0. The Labute approximate surface area is 185 Å². The summed E-state index contributed by atoms with van der Waals surface area (Å²) in [5, 5.41) is 0.753. The third-order valence-electron chi connectivity index (χ3n) is 5.94. The minimum atomic E-state index is -0.579. The van der Waals surface area contributed by atoms with E-state index in [1.54, 1.807) is 23.1 Å². The van der Waals surface area contributed by atoms with Crippen molar-refractivity contribution in [1.82, 2.24) is 19.4 Å². The summed E-state index contributed by atoms with van der Waals surface area (Å²) in [4.78, 5) is 33.9. The highest BCUT2D eigenvalue weighted by molar-refractivity contribution is 5.96. The largest absolute Gasteiger partial charge is 0.422 e. The van der Waals surface area contributed by atoms with E-state index in [2.05, 4.69) is 26.6 Å². The first-order valence-corrected chi connectivity index (χ1v) is 10.8. The van der Waals surface area contributed by atoms with Gasteiger partial charge in [0.25, 0.3) is 5.91 Å². The zero-order chi connectivity index (χ0) is 21.9. The lowest BCUT2D eigenvalue weighted by Gasteiger charge is -2.34. The molecule has 0 saturated carbocycles. The second-order valence-electron chi connectivity index (χ2n) is 7.93. The van der Waals surface area contributed by atoms with Crippen LogP contribution in [0.2, 0.25) is 0 Å². The predicted octanol–water partition coefficient (Wildman–Crippen LogP) is 3.11. The van der Waals surface area contributed by atoms with E-state index >= 15 is 0 Å². The fourth-order valence-electron chi connectivity index (χ4n) is 4.14. The molecule has 3 heterocycles. The highest BCUT2D eigenvalue weighted by atomic mass is 16.4. The van der Waals surface area contributed by atoms with E-state index in [0.29, 0.717) is 18.7 Å². The van der Waals surface area contributed by atoms with Gasteiger partial charge in [0.2, 0.25) is 0 Å². The highest BCUT2D eigenvalue weighted by Crippen LogP contribution is 2.17. The molecule has 4 aromatic rings. The molecule has 0 atom stereocenters. The standard InChI is InChI=1S/C25H24N4O3/c30-24(21-18-20-8-4-5-9-22(20)32-25(21)31)29-16-13-27(14-17-29)12-15-28-11-10-26-23(28)19-6-2-1-3-7-19/h1-11,18H,12-17H2. The van der Waals surface area contributed by atoms with Crippen molar-refractivity contribution in [2.45, 2.75) is 6.54 Å². The highest BCUT2D eigenvalue weighted by Gasteiger charge is 2.25. The van der Waals surface area contributed by atoms with E-state index < -0.39 is 5.63 Å². The van der Waals surface area contributed by atoms with Crippen molar-refractivity contribution in [2.75, 3.05) is 32.7 Å². The Morgan fingerprint density at radius 3 is 2.50 bits per heavy atom. The fourth-order valence-corrected chi connectivity index (χ4v) is 4.14. The zero-order valence-electron chi connectivity index (χ0n) is 17.7. The van der Waals surface area contributed by atoms with Gasteiger partial charge in [-0.2, -0.15) is 0 Å². The van der Waals surface area contributed by atoms with Gasteiger partial charge in [0.1, 0.15) is 17.0 Å². The van der Waals surface area contributed by atoms with Crippen molar-refractivity contribution in [3.8, 4) is 11.4 Å². The monoisotopic (exact) mass is 428 g/mol. The van der Waals surface area contributed by atoms with Gasteiger partial charge >= 0.3 is 5.63 Å². The van der Waals surface area contributed by atoms with Crippen molar-refractivity contribution >= 4 is 16.9 Å². The van der Waals surface area contributed by atoms with E-state index in [1.807, 2.05) is 42.7 Å². The van der Waals surface area contributed by atoms with E-state index in [0.717, 1.165) is 43.0 Å². The molecular formula is C25H24N4O3. The molecule has 7 nitrogen and oxygen atoms in total. The molecule has 162 valence electrons. The molecule has 2 aromatic carbocycles. The molecule has 1 fully saturated rings. The molecule has 1 aliphatic heterocycles. The Hall–Kier alpha value is -3.71. The Balaban J connectivity index is 1.20. The quantitative estimate of drug-likeness (QED) is 0.457. The summed E-state index contributed by atoms with van der Waals surface area (Å²) in [6.07, 6.45) is 3.83. The minimum absolute atomic E-state index is 0.100. The van der Waals surface area contributed by atoms with Gasteiger partial charge in [-0.25, -0.2) is 9.78 Å². The first kappa shape index (κ1) is 20.2. The number of piperazine rings is 1. The molecular weight excluding hydrogens is 404 g/mol. The van der Waals surface area contributed by atoms with Gasteiger partial charge in [-0.05, 0) is 12.1 Å². The number of para-hydroxylation sites is 1. The molecule has 0 radical (unpaired) electrons. The first-order valence-electron chi connectivity index (χ1n) is 10.8. The van der Waals surface area contributed by atoms with Crippen LogP contribution in [0.3, 0.4) is 0 Å². The second-order valence-corrected chi connectivity index (χ2v) is 7.93. The topological polar surface area (TPSA) is 71.6 Å². The lowest BCUT2D eigenvalue weighted by molar-refractivity contribution is 0.0629. The van der Waals surface area contributed by atoms with Crippen LogP contribution in [0, 0.1) is 0 Å². The number of aromatic nitrogens is 2. The molecule has 5 rings (SSSR count). The van der Waals surface area contributed by atoms with Crippen LogP contribution < -0.4 is 5.63 Å². The number of carbonyl (C=O) groups is 1. The van der Waals surface area contributed by atoms with Gasteiger partial charge in [0, 0.05) is 62.6 Å². The number of benzene rings is 2. The van der Waals surface area contributed by atoms with Crippen molar-refractivity contribution in [3.05, 3.63) is 89.0 Å². The normalized spacial score (nSPS) is 14.7. The number of rotatable bonds is 5. The molecule has 1 saturated heterocycles. The number of nitrogens with zero attached hydrogens (tertiary/aromatic N) is 4. The molecule has 0 bridgehead atoms. The van der Waals surface area contributed by atoms with Gasteiger partial charge in [-0.15, -0.1) is 0 Å². The SMILES string of the molecule is O=C(c1cc2ccccc2oc1=O)N1CCN(CCn2ccnc2-c2ccccc2)CC1. The van der Waals surface area contributed by atoms with Crippen LogP contribution in [0.4, 0.5) is 0 Å². The van der Waals surface area contributed by atoms with Gasteiger partial charge < -0.3 is 13.9 Å². The summed E-state index contributed by atoms with van der Waals surface area (Å²) in [7, 11) is 0. The number of hydrogen-bond acceptors (Lipinski definition) is 5. The van der Waals surface area contributed by atoms with E-state index in [-0.39, 0.29) is 11.5 Å². The van der Waals surface area contributed by atoms with E-state index in [9.17, 15) is 9.59 Å². The third-order valence-corrected chi connectivity index (χ3v) is 5.94. The maximum Gasteiger partial charge on any atom is 0.349 e. The van der Waals surface area contributed by atoms with Crippen molar-refractivity contribution in [2.24, 2.45) is 0 Å². The molecule has 0 aliphatic carbocycles. The van der Waals surface area contributed by atoms with Crippen LogP contribution in [0.25, 0.3) is 22.4 Å². The zero-order valence-corrected chi connectivity index (χ0v) is 17.7. The van der Waals surface area contributed by atoms with Crippen LogP contribution >= 0.6 is 0 Å². The lowest BCUT2D eigenvalue weighted by Crippen LogP contribution is -2.50. The van der Waals surface area contributed by atoms with E-state index in [1.165, 1.54) is 0 Å². The number of imidazole rings is 1. The maximum atomic E-state index is 13.0. The fraction of sp³-hybridized carbons (Fsp3) is 0.240. The molecule has 0 unspecified atom stereocenters. The molecule has 32 heavy (non-hydrogen) atoms. The van der Waals surface area contributed by atoms with Gasteiger partial charge in [0.05, 0.1) is 0 Å². The Morgan fingerprint density at radius 1 is 0.938 bits per heavy atom. The Morgan fingerprint density at radius 2 is 1.69 bits per heavy atom. The predicted molar refractivity (Wildman–Crippen MR) is 122 cm³/mol. The molecule has 1 amide bonds. The summed E-state index contributed by atoms with van der Waals surface area (Å²) < 4.78 is 7.49. The molecule has 0 N–H and O–H groups in total. The van der Waals surface area contributed by atoms with Gasteiger partial charge in [-0.1, -0.05) is 48.5 Å².